The average Bonchev–Trinajstić information content (AvgIpc) is 2.27. The Hall–Kier alpha value is 0.137. The molecule has 1 rings (SSSR count). The van der Waals surface area contributed by atoms with Crippen molar-refractivity contribution in [1.29, 1.82) is 0 Å². The summed E-state index contributed by atoms with van der Waals surface area (Å²) in [5.41, 5.74) is 0. The third kappa shape index (κ3) is 4.67. The van der Waals surface area contributed by atoms with Crippen LogP contribution in [0.4, 0.5) is 0 Å². The molecule has 0 aromatic rings. The highest BCUT2D eigenvalue weighted by molar-refractivity contribution is 6.74. The van der Waals surface area contributed by atoms with Gasteiger partial charge >= 0.3 is 0 Å². The van der Waals surface area contributed by atoms with Gasteiger partial charge in [0.15, 0.2) is 8.32 Å². The lowest BCUT2D eigenvalue weighted by Gasteiger charge is -2.40. The number of aliphatic hydroxyl groups excluding tert-OH is 1. The summed E-state index contributed by atoms with van der Waals surface area (Å²) < 4.78 is 6.34. The summed E-state index contributed by atoms with van der Waals surface area (Å²) >= 11 is 0. The number of rotatable bonds is 5. The topological polar surface area (TPSA) is 29.5 Å². The Bertz CT molecular complexity index is 239. The van der Waals surface area contributed by atoms with E-state index in [1.165, 1.54) is 32.1 Å². The molecule has 0 unspecified atom stereocenters. The van der Waals surface area contributed by atoms with Gasteiger partial charge in [-0.2, -0.15) is 0 Å². The second kappa shape index (κ2) is 6.53. The molecule has 1 atom stereocenters. The Morgan fingerprint density at radius 3 is 2.17 bits per heavy atom. The molecular weight excluding hydrogens is 240 g/mol. The average molecular weight is 273 g/mol. The van der Waals surface area contributed by atoms with Crippen LogP contribution in [0.5, 0.6) is 0 Å². The number of aliphatic hydroxyl groups is 1. The minimum Gasteiger partial charge on any atom is -0.412 e. The second-order valence-electron chi connectivity index (χ2n) is 7.42. The zero-order chi connectivity index (χ0) is 13.8. The van der Waals surface area contributed by atoms with Crippen molar-refractivity contribution in [2.45, 2.75) is 83.5 Å². The fourth-order valence-electron chi connectivity index (χ4n) is 2.55. The maximum Gasteiger partial charge on any atom is 0.192 e. The molecule has 0 bridgehead atoms. The normalized spacial score (nSPS) is 21.0. The minimum atomic E-state index is -1.73. The fourth-order valence-corrected chi connectivity index (χ4v) is 3.91. The van der Waals surface area contributed by atoms with Crippen LogP contribution in [0.1, 0.15) is 59.3 Å². The summed E-state index contributed by atoms with van der Waals surface area (Å²) in [6, 6.07) is 0. The van der Waals surface area contributed by atoms with E-state index in [0.29, 0.717) is 0 Å². The SMILES string of the molecule is CC(C)(C)[Si](C)(C)O[C@@H](CO)CC1CCCCC1. The first-order chi connectivity index (χ1) is 8.26. The minimum absolute atomic E-state index is 0.0639. The molecule has 1 fully saturated rings. The molecule has 0 radical (unpaired) electrons. The molecule has 18 heavy (non-hydrogen) atoms. The highest BCUT2D eigenvalue weighted by atomic mass is 28.4. The van der Waals surface area contributed by atoms with Crippen LogP contribution < -0.4 is 0 Å². The van der Waals surface area contributed by atoms with Crippen LogP contribution >= 0.6 is 0 Å². The Balaban J connectivity index is 2.50. The van der Waals surface area contributed by atoms with Gasteiger partial charge in [0, 0.05) is 0 Å². The van der Waals surface area contributed by atoms with E-state index in [-0.39, 0.29) is 17.7 Å². The molecule has 0 aliphatic heterocycles. The van der Waals surface area contributed by atoms with E-state index in [1.807, 2.05) is 0 Å². The number of hydrogen-bond acceptors (Lipinski definition) is 2. The molecule has 0 aromatic carbocycles. The van der Waals surface area contributed by atoms with E-state index in [9.17, 15) is 5.11 Å². The first-order valence-electron chi connectivity index (χ1n) is 7.55. The molecular formula is C15H32O2Si. The van der Waals surface area contributed by atoms with Crippen molar-refractivity contribution in [3.63, 3.8) is 0 Å². The van der Waals surface area contributed by atoms with Crippen LogP contribution in [0.2, 0.25) is 18.1 Å². The summed E-state index contributed by atoms with van der Waals surface area (Å²) in [5.74, 6) is 0.778. The quantitative estimate of drug-likeness (QED) is 0.754. The van der Waals surface area contributed by atoms with E-state index in [0.717, 1.165) is 12.3 Å². The Kier molecular flexibility index (Phi) is 5.88. The standard InChI is InChI=1S/C15H32O2Si/c1-15(2,3)18(4,5)17-14(12-16)11-13-9-7-6-8-10-13/h13-14,16H,6-12H2,1-5H3/t14-/m1/s1. The van der Waals surface area contributed by atoms with Gasteiger partial charge in [-0.15, -0.1) is 0 Å². The third-order valence-electron chi connectivity index (χ3n) is 4.79. The summed E-state index contributed by atoms with van der Waals surface area (Å²) in [6.45, 7) is 11.5. The van der Waals surface area contributed by atoms with Crippen molar-refractivity contribution < 1.29 is 9.53 Å². The molecule has 1 N–H and O–H groups in total. The molecule has 1 aliphatic carbocycles. The molecule has 1 aliphatic rings. The predicted molar refractivity (Wildman–Crippen MR) is 80.3 cm³/mol. The van der Waals surface area contributed by atoms with E-state index in [1.54, 1.807) is 0 Å². The Morgan fingerprint density at radius 1 is 1.17 bits per heavy atom. The first kappa shape index (κ1) is 16.2. The molecule has 108 valence electrons. The lowest BCUT2D eigenvalue weighted by molar-refractivity contribution is 0.0759. The maximum atomic E-state index is 9.58. The molecule has 1 saturated carbocycles. The number of hydrogen-bond donors (Lipinski definition) is 1. The van der Waals surface area contributed by atoms with Crippen LogP contribution in [0.25, 0.3) is 0 Å². The Labute approximate surface area is 114 Å². The van der Waals surface area contributed by atoms with Crippen LogP contribution in [0.3, 0.4) is 0 Å². The molecule has 2 nitrogen and oxygen atoms in total. The van der Waals surface area contributed by atoms with Gasteiger partial charge in [-0.05, 0) is 30.5 Å². The van der Waals surface area contributed by atoms with Crippen molar-refractivity contribution >= 4 is 8.32 Å². The smallest absolute Gasteiger partial charge is 0.192 e. The summed E-state index contributed by atoms with van der Waals surface area (Å²) in [5, 5.41) is 9.81. The van der Waals surface area contributed by atoms with Crippen LogP contribution in [-0.2, 0) is 4.43 Å². The van der Waals surface area contributed by atoms with E-state index in [2.05, 4.69) is 33.9 Å². The molecule has 0 heterocycles. The van der Waals surface area contributed by atoms with Crippen molar-refractivity contribution in [3.8, 4) is 0 Å². The summed E-state index contributed by atoms with van der Waals surface area (Å²) in [6.07, 6.45) is 7.90. The lowest BCUT2D eigenvalue weighted by Crippen LogP contribution is -2.45. The van der Waals surface area contributed by atoms with Crippen molar-refractivity contribution in [2.24, 2.45) is 5.92 Å². The van der Waals surface area contributed by atoms with Gasteiger partial charge in [0.2, 0.25) is 0 Å². The van der Waals surface area contributed by atoms with Gasteiger partial charge in [0.1, 0.15) is 0 Å². The van der Waals surface area contributed by atoms with Crippen LogP contribution in [0, 0.1) is 5.92 Å². The highest BCUT2D eigenvalue weighted by Gasteiger charge is 2.39. The van der Waals surface area contributed by atoms with Gasteiger partial charge < -0.3 is 9.53 Å². The van der Waals surface area contributed by atoms with E-state index in [4.69, 9.17) is 4.43 Å². The first-order valence-corrected chi connectivity index (χ1v) is 10.5. The highest BCUT2D eigenvalue weighted by Crippen LogP contribution is 2.38. The van der Waals surface area contributed by atoms with Crippen molar-refractivity contribution in [2.75, 3.05) is 6.61 Å². The van der Waals surface area contributed by atoms with E-state index < -0.39 is 8.32 Å². The molecule has 0 aromatic heterocycles. The van der Waals surface area contributed by atoms with Crippen LogP contribution in [-0.4, -0.2) is 26.1 Å². The fraction of sp³-hybridized carbons (Fsp3) is 1.00. The van der Waals surface area contributed by atoms with Gasteiger partial charge in [0.05, 0.1) is 12.7 Å². The largest absolute Gasteiger partial charge is 0.412 e. The molecule has 0 spiro atoms. The van der Waals surface area contributed by atoms with Gasteiger partial charge in [-0.25, -0.2) is 0 Å². The van der Waals surface area contributed by atoms with Crippen LogP contribution in [0.15, 0.2) is 0 Å². The molecule has 3 heteroatoms. The van der Waals surface area contributed by atoms with Crippen molar-refractivity contribution in [1.82, 2.24) is 0 Å². The summed E-state index contributed by atoms with van der Waals surface area (Å²) in [7, 11) is -1.73. The maximum absolute atomic E-state index is 9.58. The second-order valence-corrected chi connectivity index (χ2v) is 12.2. The van der Waals surface area contributed by atoms with Gasteiger partial charge in [-0.1, -0.05) is 52.9 Å². The molecule has 0 amide bonds. The van der Waals surface area contributed by atoms with E-state index >= 15 is 0 Å². The lowest BCUT2D eigenvalue weighted by atomic mass is 9.85. The third-order valence-corrected chi connectivity index (χ3v) is 9.33. The monoisotopic (exact) mass is 272 g/mol. The Morgan fingerprint density at radius 2 is 1.72 bits per heavy atom. The summed E-state index contributed by atoms with van der Waals surface area (Å²) in [4.78, 5) is 0. The van der Waals surface area contributed by atoms with Crippen molar-refractivity contribution in [3.05, 3.63) is 0 Å². The zero-order valence-corrected chi connectivity index (χ0v) is 14.0. The van der Waals surface area contributed by atoms with Gasteiger partial charge in [-0.3, -0.25) is 0 Å². The van der Waals surface area contributed by atoms with Gasteiger partial charge in [0.25, 0.3) is 0 Å². The molecule has 0 saturated heterocycles. The predicted octanol–water partition coefficient (Wildman–Crippen LogP) is 4.34. The zero-order valence-electron chi connectivity index (χ0n) is 13.0.